The van der Waals surface area contributed by atoms with Gasteiger partial charge in [-0.1, -0.05) is 49.6 Å². The van der Waals surface area contributed by atoms with E-state index in [9.17, 15) is 0 Å². The second kappa shape index (κ2) is 8.50. The average molecular weight is 238 g/mol. The van der Waals surface area contributed by atoms with Gasteiger partial charge in [-0.3, -0.25) is 0 Å². The molecule has 2 rings (SSSR count). The van der Waals surface area contributed by atoms with Crippen LogP contribution in [0.15, 0.2) is 30.3 Å². The fraction of sp³-hybridized carbons (Fsp3) is 0.538. The van der Waals surface area contributed by atoms with Gasteiger partial charge in [0.15, 0.2) is 0 Å². The van der Waals surface area contributed by atoms with Gasteiger partial charge in [0.05, 0.1) is 0 Å². The van der Waals surface area contributed by atoms with Gasteiger partial charge in [0.25, 0.3) is 0 Å². The van der Waals surface area contributed by atoms with Crippen LogP contribution in [0.25, 0.3) is 0 Å². The molecule has 0 aliphatic heterocycles. The summed E-state index contributed by atoms with van der Waals surface area (Å²) >= 11 is 0. The molecule has 90 valence electrons. The van der Waals surface area contributed by atoms with Crippen molar-refractivity contribution in [1.82, 2.24) is 0 Å². The van der Waals surface area contributed by atoms with Gasteiger partial charge in [-0.15, -0.1) is 0 Å². The largest absolute Gasteiger partial charge is 0.394 e. The number of benzene rings is 1. The van der Waals surface area contributed by atoms with Crippen molar-refractivity contribution in [2.75, 3.05) is 13.2 Å². The highest BCUT2D eigenvalue weighted by Gasteiger charge is 2.13. The van der Waals surface area contributed by atoms with Gasteiger partial charge >= 0.3 is 9.28 Å². The van der Waals surface area contributed by atoms with Crippen molar-refractivity contribution in [2.24, 2.45) is 0 Å². The number of rotatable bonds is 5. The van der Waals surface area contributed by atoms with Crippen LogP contribution < -0.4 is 5.19 Å². The molecule has 0 N–H and O–H groups in total. The maximum Gasteiger partial charge on any atom is 0.355 e. The van der Waals surface area contributed by atoms with Crippen molar-refractivity contribution >= 4 is 14.5 Å². The third-order valence-electron chi connectivity index (χ3n) is 2.06. The molecule has 0 unspecified atom stereocenters. The molecule has 0 atom stereocenters. The molecule has 2 nitrogen and oxygen atoms in total. The first-order valence-electron chi connectivity index (χ1n) is 6.16. The predicted molar refractivity (Wildman–Crippen MR) is 70.3 cm³/mol. The highest BCUT2D eigenvalue weighted by Crippen LogP contribution is 2.14. The molecule has 1 saturated carbocycles. The fourth-order valence-electron chi connectivity index (χ4n) is 1.15. The first kappa shape index (κ1) is 13.4. The Morgan fingerprint density at radius 2 is 1.44 bits per heavy atom. The van der Waals surface area contributed by atoms with Crippen molar-refractivity contribution in [3.05, 3.63) is 30.3 Å². The third kappa shape index (κ3) is 6.05. The molecule has 0 spiro atoms. The molecule has 0 bridgehead atoms. The zero-order valence-electron chi connectivity index (χ0n) is 10.3. The summed E-state index contributed by atoms with van der Waals surface area (Å²) in [5, 5.41) is 1.21. The first-order chi connectivity index (χ1) is 7.88. The van der Waals surface area contributed by atoms with E-state index in [0.717, 1.165) is 13.2 Å². The SMILES string of the molecule is C1CC1.CCO[SiH](OCC)c1ccccc1. The van der Waals surface area contributed by atoms with E-state index in [1.165, 1.54) is 24.4 Å². The van der Waals surface area contributed by atoms with Crippen LogP contribution in [0.1, 0.15) is 33.1 Å². The van der Waals surface area contributed by atoms with Gasteiger partial charge < -0.3 is 8.85 Å². The molecular weight excluding hydrogens is 216 g/mol. The van der Waals surface area contributed by atoms with Crippen LogP contribution in [0.5, 0.6) is 0 Å². The van der Waals surface area contributed by atoms with Crippen LogP contribution in [-0.4, -0.2) is 22.5 Å². The predicted octanol–water partition coefficient (Wildman–Crippen LogP) is 2.36. The minimum atomic E-state index is -1.59. The maximum absolute atomic E-state index is 5.59. The van der Waals surface area contributed by atoms with Gasteiger partial charge in [-0.25, -0.2) is 0 Å². The van der Waals surface area contributed by atoms with Gasteiger partial charge in [0.1, 0.15) is 0 Å². The summed E-state index contributed by atoms with van der Waals surface area (Å²) in [5.74, 6) is 0. The van der Waals surface area contributed by atoms with Crippen molar-refractivity contribution in [1.29, 1.82) is 0 Å². The summed E-state index contributed by atoms with van der Waals surface area (Å²) in [6.45, 7) is 5.46. The molecule has 0 amide bonds. The molecule has 0 aromatic heterocycles. The van der Waals surface area contributed by atoms with E-state index in [2.05, 4.69) is 12.1 Å². The zero-order chi connectivity index (χ0) is 11.6. The van der Waals surface area contributed by atoms with E-state index in [1.54, 1.807) is 0 Å². The molecule has 1 aliphatic carbocycles. The van der Waals surface area contributed by atoms with Crippen LogP contribution in [0.3, 0.4) is 0 Å². The van der Waals surface area contributed by atoms with E-state index in [0.29, 0.717) is 0 Å². The van der Waals surface area contributed by atoms with E-state index >= 15 is 0 Å². The zero-order valence-corrected chi connectivity index (χ0v) is 11.5. The van der Waals surface area contributed by atoms with Gasteiger partial charge in [-0.05, 0) is 19.0 Å². The van der Waals surface area contributed by atoms with Crippen LogP contribution in [0.2, 0.25) is 0 Å². The minimum Gasteiger partial charge on any atom is -0.394 e. The smallest absolute Gasteiger partial charge is 0.355 e. The molecular formula is C13H22O2Si. The van der Waals surface area contributed by atoms with Crippen LogP contribution in [0, 0.1) is 0 Å². The Bertz CT molecular complexity index is 253. The molecule has 0 saturated heterocycles. The Kier molecular flexibility index (Phi) is 7.13. The average Bonchev–Trinajstić information content (AvgIpc) is 3.18. The Morgan fingerprint density at radius 3 is 1.81 bits per heavy atom. The van der Waals surface area contributed by atoms with Crippen molar-refractivity contribution in [3.63, 3.8) is 0 Å². The molecule has 1 aromatic rings. The monoisotopic (exact) mass is 238 g/mol. The molecule has 1 aliphatic rings. The first-order valence-corrected chi connectivity index (χ1v) is 7.68. The van der Waals surface area contributed by atoms with Crippen molar-refractivity contribution in [3.8, 4) is 0 Å². The lowest BCUT2D eigenvalue weighted by molar-refractivity contribution is 0.225. The molecule has 1 aromatic carbocycles. The Balaban J connectivity index is 0.000000365. The molecule has 3 heteroatoms. The standard InChI is InChI=1S/C10H16O2Si.C3H6/c1-3-11-13(12-4-2)10-8-6-5-7-9-10;1-2-3-1/h5-9,13H,3-4H2,1-2H3;1-3H2. The van der Waals surface area contributed by atoms with Gasteiger partial charge in [-0.2, -0.15) is 0 Å². The summed E-state index contributed by atoms with van der Waals surface area (Å²) in [5.41, 5.74) is 0. The van der Waals surface area contributed by atoms with E-state index < -0.39 is 9.28 Å². The minimum absolute atomic E-state index is 0.728. The van der Waals surface area contributed by atoms with E-state index in [1.807, 2.05) is 32.0 Å². The van der Waals surface area contributed by atoms with E-state index in [4.69, 9.17) is 8.85 Å². The Hall–Kier alpha value is -0.643. The number of hydrogen-bond donors (Lipinski definition) is 0. The molecule has 0 radical (unpaired) electrons. The summed E-state index contributed by atoms with van der Waals surface area (Å²) in [4.78, 5) is 0. The van der Waals surface area contributed by atoms with Crippen molar-refractivity contribution in [2.45, 2.75) is 33.1 Å². The van der Waals surface area contributed by atoms with Crippen LogP contribution in [-0.2, 0) is 8.85 Å². The second-order valence-electron chi connectivity index (χ2n) is 3.71. The van der Waals surface area contributed by atoms with Crippen LogP contribution >= 0.6 is 0 Å². The second-order valence-corrected chi connectivity index (χ2v) is 5.71. The van der Waals surface area contributed by atoms with Gasteiger partial charge in [0, 0.05) is 13.2 Å². The quantitative estimate of drug-likeness (QED) is 0.733. The summed E-state index contributed by atoms with van der Waals surface area (Å²) < 4.78 is 11.2. The fourth-order valence-corrected chi connectivity index (χ4v) is 2.78. The highest BCUT2D eigenvalue weighted by atomic mass is 28.3. The lowest BCUT2D eigenvalue weighted by atomic mass is 10.4. The number of hydrogen-bond acceptors (Lipinski definition) is 2. The topological polar surface area (TPSA) is 18.5 Å². The lowest BCUT2D eigenvalue weighted by Gasteiger charge is -2.14. The normalized spacial score (nSPS) is 13.2. The van der Waals surface area contributed by atoms with Crippen LogP contribution in [0.4, 0.5) is 0 Å². The Labute approximate surface area is 100 Å². The third-order valence-corrected chi connectivity index (χ3v) is 4.26. The summed E-state index contributed by atoms with van der Waals surface area (Å²) in [6.07, 6.45) is 4.50. The Morgan fingerprint density at radius 1 is 0.938 bits per heavy atom. The molecule has 1 fully saturated rings. The highest BCUT2D eigenvalue weighted by molar-refractivity contribution is 6.61. The van der Waals surface area contributed by atoms with Crippen molar-refractivity contribution < 1.29 is 8.85 Å². The molecule has 0 heterocycles. The summed E-state index contributed by atoms with van der Waals surface area (Å²) in [7, 11) is -1.59. The van der Waals surface area contributed by atoms with Gasteiger partial charge in [0.2, 0.25) is 0 Å². The lowest BCUT2D eigenvalue weighted by Crippen LogP contribution is -2.36. The summed E-state index contributed by atoms with van der Waals surface area (Å²) in [6, 6.07) is 10.2. The van der Waals surface area contributed by atoms with E-state index in [-0.39, 0.29) is 0 Å². The molecule has 16 heavy (non-hydrogen) atoms. The maximum atomic E-state index is 5.59.